The second-order valence-electron chi connectivity index (χ2n) is 22.0. The number of carboxylic acids is 1. The highest BCUT2D eigenvalue weighted by atomic mass is 32.1. The molecule has 0 spiro atoms. The number of ether oxygens (including phenoxy) is 8. The molecule has 2 N–H and O–H groups in total. The number of nitrogens with one attached hydrogen (secondary N) is 1. The van der Waals surface area contributed by atoms with Crippen LogP contribution < -0.4 is 50.4 Å². The van der Waals surface area contributed by atoms with E-state index >= 15 is 0 Å². The number of aliphatic carboxylic acids is 1. The third-order valence-electron chi connectivity index (χ3n) is 16.8. The number of carbonyl (C=O) groups is 4. The van der Waals surface area contributed by atoms with Gasteiger partial charge in [0.05, 0.1) is 89.7 Å². The molecule has 0 aliphatic carbocycles. The lowest BCUT2D eigenvalue weighted by molar-refractivity contribution is -0.152. The molecule has 510 valence electrons. The Hall–Kier alpha value is -9.45. The topological polar surface area (TPSA) is 286 Å². The summed E-state index contributed by atoms with van der Waals surface area (Å²) in [6, 6.07) is 15.9. The van der Waals surface area contributed by atoms with Gasteiger partial charge in [-0.3, -0.25) is 58.3 Å². The number of carboxylic acid groups (broad SMARTS) is 1. The molecule has 0 unspecified atom stereocenters. The lowest BCUT2D eigenvalue weighted by Gasteiger charge is -2.39. The Morgan fingerprint density at radius 3 is 1.07 bits per heavy atom. The Morgan fingerprint density at radius 1 is 0.500 bits per heavy atom. The van der Waals surface area contributed by atoms with Gasteiger partial charge in [0, 0.05) is 120 Å². The van der Waals surface area contributed by atoms with E-state index in [9.17, 15) is 38.7 Å². The lowest BCUT2D eigenvalue weighted by Crippen LogP contribution is -2.52. The van der Waals surface area contributed by atoms with Crippen molar-refractivity contribution in [3.8, 4) is 67.9 Å². The van der Waals surface area contributed by atoms with Gasteiger partial charge in [-0.1, -0.05) is 0 Å². The van der Waals surface area contributed by atoms with Crippen molar-refractivity contribution >= 4 is 97.0 Å². The molecular weight excluding hydrogens is 1290 g/mol. The van der Waals surface area contributed by atoms with E-state index in [1.54, 1.807) is 128 Å². The molecule has 9 aromatic rings. The summed E-state index contributed by atoms with van der Waals surface area (Å²) < 4.78 is 47.3. The summed E-state index contributed by atoms with van der Waals surface area (Å²) in [5, 5.41) is 16.2. The van der Waals surface area contributed by atoms with Gasteiger partial charge in [-0.05, 0) is 113 Å². The van der Waals surface area contributed by atoms with Gasteiger partial charge in [0.25, 0.3) is 16.7 Å². The van der Waals surface area contributed by atoms with E-state index in [0.29, 0.717) is 88.6 Å². The second-order valence-corrected chi connectivity index (χ2v) is 22.0. The molecule has 6 aromatic heterocycles. The van der Waals surface area contributed by atoms with Crippen LogP contribution in [0.5, 0.6) is 34.5 Å². The molecule has 0 bridgehead atoms. The minimum Gasteiger partial charge on any atom is -0.496 e. The van der Waals surface area contributed by atoms with Gasteiger partial charge in [0.1, 0.15) is 52.6 Å². The highest BCUT2D eigenvalue weighted by Crippen LogP contribution is 2.42. The normalized spacial score (nSPS) is 15.1. The van der Waals surface area contributed by atoms with Crippen molar-refractivity contribution < 1.29 is 62.2 Å². The number of aryl methyl sites for hydroxylation is 3. The van der Waals surface area contributed by atoms with Crippen LogP contribution in [-0.2, 0) is 58.1 Å². The standard InChI is InChI=1S/C23H25N3O5.C22H23N3O5.C18H16N2O4.C5H9NO2.3H2S/c1-25-12-17(15-5-7-24-11-16(15)22(25)27)14-9-20(29-2)18(21(10-14)30-3)13-26-8-6-19(26)23(28)31-4;1-24-11-16(14-4-6-23-10-15(14)21(24)26)13-8-19(29-2)17(20(9-13)30-3)12-25-7-5-18(25)22(27)28;1-20-9-14(12-4-5-19-8-13(12)18(20)22)11-6-16(23-2)15(10-21)17(7-11)24-3;1-8-5(7)4-2-3-6-4;;;/h5,7,9-12,19H,6,8,13H2,1-4H3;4,6,8-11,18H,5,7,12H2,1-3H3,(H,27,28);4-10H,1-3H3;4,6H,2-3H2,1H3;3*1H2/t19-;18-;;4-;;;/m00.0.../s1. The van der Waals surface area contributed by atoms with E-state index in [2.05, 4.69) is 25.0 Å². The smallest absolute Gasteiger partial charge is 0.323 e. The predicted molar refractivity (Wildman–Crippen MR) is 379 cm³/mol. The van der Waals surface area contributed by atoms with Gasteiger partial charge in [0.2, 0.25) is 0 Å². The average molecular weight is 1370 g/mol. The zero-order valence-corrected chi connectivity index (χ0v) is 58.0. The van der Waals surface area contributed by atoms with Crippen molar-refractivity contribution in [2.24, 2.45) is 21.1 Å². The summed E-state index contributed by atoms with van der Waals surface area (Å²) in [5.41, 5.74) is 6.68. The van der Waals surface area contributed by atoms with Crippen molar-refractivity contribution in [1.82, 2.24) is 43.8 Å². The molecule has 28 heteroatoms. The van der Waals surface area contributed by atoms with Crippen LogP contribution in [0.1, 0.15) is 40.7 Å². The van der Waals surface area contributed by atoms with Gasteiger partial charge in [-0.2, -0.15) is 40.5 Å². The van der Waals surface area contributed by atoms with E-state index in [1.807, 2.05) is 46.2 Å². The molecular formula is C68H79N9O16S3. The van der Waals surface area contributed by atoms with E-state index in [0.717, 1.165) is 86.6 Å². The molecule has 12 rings (SSSR count). The van der Waals surface area contributed by atoms with E-state index < -0.39 is 12.0 Å². The van der Waals surface area contributed by atoms with Crippen LogP contribution in [0.25, 0.3) is 65.7 Å². The second kappa shape index (κ2) is 33.8. The van der Waals surface area contributed by atoms with Crippen LogP contribution >= 0.6 is 40.5 Å². The number of hydrogen-bond acceptors (Lipinski definition) is 21. The summed E-state index contributed by atoms with van der Waals surface area (Å²) >= 11 is 0. The summed E-state index contributed by atoms with van der Waals surface area (Å²) in [6.07, 6.45) is 18.0. The number of rotatable bonds is 17. The SMILES string of the molecule is COC(=O)[C@@H]1CCN1.COC(=O)[C@@H]1CCN1Cc1c(OC)cc(-c2cn(C)c(=O)c3cnccc23)cc1OC.COc1cc(-c2cn(C)c(=O)c3cnccc23)cc(OC)c1C=O.COc1cc(-c2cn(C)c(=O)c3cnccc23)cc(OC)c1CN1CC[C@H]1C(=O)O.S.S.S. The van der Waals surface area contributed by atoms with Crippen molar-refractivity contribution in [1.29, 1.82) is 0 Å². The maximum atomic E-state index is 12.5. The Kier molecular flexibility index (Phi) is 26.6. The number of aldehydes is 1. The largest absolute Gasteiger partial charge is 0.496 e. The molecule has 3 saturated heterocycles. The average Bonchev–Trinajstić information content (AvgIpc) is 0.778. The third kappa shape index (κ3) is 15.8. The summed E-state index contributed by atoms with van der Waals surface area (Å²) in [7, 11) is 17.3. The summed E-state index contributed by atoms with van der Waals surface area (Å²) in [4.78, 5) is 98.6. The number of benzene rings is 3. The molecule has 3 fully saturated rings. The van der Waals surface area contributed by atoms with Gasteiger partial charge in [-0.25, -0.2) is 0 Å². The van der Waals surface area contributed by atoms with E-state index in [-0.39, 0.29) is 81.2 Å². The fraction of sp³-hybridized carbons (Fsp3) is 0.324. The summed E-state index contributed by atoms with van der Waals surface area (Å²) in [5.74, 6) is 2.16. The number of likely N-dealkylation sites (tertiary alicyclic amines) is 2. The van der Waals surface area contributed by atoms with E-state index in [1.165, 1.54) is 37.6 Å². The van der Waals surface area contributed by atoms with Gasteiger partial charge in [0.15, 0.2) is 6.29 Å². The Bertz CT molecular complexity index is 4430. The first-order chi connectivity index (χ1) is 44.9. The molecule has 0 saturated carbocycles. The first kappa shape index (κ1) is 75.6. The number of nitrogens with zero attached hydrogens (tertiary/aromatic N) is 8. The van der Waals surface area contributed by atoms with Crippen LogP contribution in [-0.4, -0.2) is 162 Å². The van der Waals surface area contributed by atoms with Crippen LogP contribution in [0.15, 0.2) is 125 Å². The Balaban J connectivity index is 0.000000213. The minimum absolute atomic E-state index is 0. The summed E-state index contributed by atoms with van der Waals surface area (Å²) in [6.45, 7) is 3.38. The monoisotopic (exact) mass is 1370 g/mol. The quantitative estimate of drug-likeness (QED) is 0.0690. The number of aromatic nitrogens is 6. The molecule has 3 aromatic carbocycles. The molecule has 3 aliphatic heterocycles. The highest BCUT2D eigenvalue weighted by Gasteiger charge is 2.37. The number of fused-ring (bicyclic) bond motifs is 3. The zero-order valence-electron chi connectivity index (χ0n) is 55.0. The van der Waals surface area contributed by atoms with Crippen molar-refractivity contribution in [3.63, 3.8) is 0 Å². The molecule has 3 aliphatic rings. The fourth-order valence-electron chi connectivity index (χ4n) is 11.4. The third-order valence-corrected chi connectivity index (χ3v) is 16.8. The van der Waals surface area contributed by atoms with Crippen LogP contribution in [0.4, 0.5) is 0 Å². The number of hydrogen-bond donors (Lipinski definition) is 2. The minimum atomic E-state index is -0.818. The number of pyridine rings is 6. The van der Waals surface area contributed by atoms with Crippen molar-refractivity contribution in [3.05, 3.63) is 158 Å². The van der Waals surface area contributed by atoms with Crippen LogP contribution in [0.2, 0.25) is 0 Å². The number of carbonyl (C=O) groups excluding carboxylic acids is 3. The molecule has 3 atom stereocenters. The van der Waals surface area contributed by atoms with Crippen molar-refractivity contribution in [2.45, 2.75) is 50.5 Å². The maximum absolute atomic E-state index is 12.5. The molecule has 0 amide bonds. The van der Waals surface area contributed by atoms with Gasteiger partial charge < -0.3 is 62.0 Å². The molecule has 96 heavy (non-hydrogen) atoms. The molecule has 9 heterocycles. The maximum Gasteiger partial charge on any atom is 0.323 e. The Labute approximate surface area is 574 Å². The first-order valence-corrected chi connectivity index (χ1v) is 29.5. The number of esters is 2. The molecule has 0 radical (unpaired) electrons. The Morgan fingerprint density at radius 2 is 0.823 bits per heavy atom. The van der Waals surface area contributed by atoms with Gasteiger partial charge in [-0.15, -0.1) is 0 Å². The van der Waals surface area contributed by atoms with Crippen molar-refractivity contribution in [2.75, 3.05) is 76.5 Å². The van der Waals surface area contributed by atoms with E-state index in [4.69, 9.17) is 33.2 Å². The fourth-order valence-corrected chi connectivity index (χ4v) is 11.4. The lowest BCUT2D eigenvalue weighted by atomic mass is 9.97. The first-order valence-electron chi connectivity index (χ1n) is 29.5. The zero-order chi connectivity index (χ0) is 66.8. The van der Waals surface area contributed by atoms with Gasteiger partial charge >= 0.3 is 17.9 Å². The highest BCUT2D eigenvalue weighted by molar-refractivity contribution is 7.59. The predicted octanol–water partition coefficient (Wildman–Crippen LogP) is 6.93. The van der Waals surface area contributed by atoms with Crippen LogP contribution in [0, 0.1) is 0 Å². The van der Waals surface area contributed by atoms with Crippen LogP contribution in [0.3, 0.4) is 0 Å². The number of methoxy groups -OCH3 is 8. The molecule has 25 nitrogen and oxygen atoms in total.